The summed E-state index contributed by atoms with van der Waals surface area (Å²) in [7, 11) is 4.10. The highest BCUT2D eigenvalue weighted by Crippen LogP contribution is 2.47. The lowest BCUT2D eigenvalue weighted by Gasteiger charge is -2.09. The van der Waals surface area contributed by atoms with Gasteiger partial charge in [0.25, 0.3) is 0 Å². The standard InChI is InChI=1S/C15H21BrN2O/c1-18(2)9-3-8-17-15(19)14-10-13(14)11-4-6-12(16)7-5-11/h4-7,13-14H,3,8-10H2,1-2H3,(H,17,19). The van der Waals surface area contributed by atoms with Gasteiger partial charge in [-0.2, -0.15) is 0 Å². The predicted octanol–water partition coefficient (Wildman–Crippen LogP) is 2.62. The first-order valence-electron chi connectivity index (χ1n) is 6.76. The Morgan fingerprint density at radius 3 is 2.68 bits per heavy atom. The van der Waals surface area contributed by atoms with Gasteiger partial charge in [0.2, 0.25) is 5.91 Å². The molecule has 0 bridgehead atoms. The van der Waals surface area contributed by atoms with Crippen molar-refractivity contribution in [3.05, 3.63) is 34.3 Å². The minimum Gasteiger partial charge on any atom is -0.356 e. The zero-order chi connectivity index (χ0) is 13.8. The molecule has 0 heterocycles. The van der Waals surface area contributed by atoms with Crippen LogP contribution >= 0.6 is 15.9 Å². The molecule has 104 valence electrons. The van der Waals surface area contributed by atoms with E-state index in [1.54, 1.807) is 0 Å². The number of benzene rings is 1. The van der Waals surface area contributed by atoms with Crippen LogP contribution in [-0.2, 0) is 4.79 Å². The van der Waals surface area contributed by atoms with Gasteiger partial charge in [-0.3, -0.25) is 4.79 Å². The van der Waals surface area contributed by atoms with E-state index in [2.05, 4.69) is 38.3 Å². The summed E-state index contributed by atoms with van der Waals surface area (Å²) in [6.45, 7) is 1.79. The van der Waals surface area contributed by atoms with Gasteiger partial charge in [0, 0.05) is 16.9 Å². The topological polar surface area (TPSA) is 32.3 Å². The Labute approximate surface area is 123 Å². The van der Waals surface area contributed by atoms with Crippen LogP contribution in [-0.4, -0.2) is 38.0 Å². The van der Waals surface area contributed by atoms with E-state index in [-0.39, 0.29) is 11.8 Å². The Hall–Kier alpha value is -0.870. The molecule has 0 radical (unpaired) electrons. The molecule has 1 amide bonds. The van der Waals surface area contributed by atoms with Crippen molar-refractivity contribution in [1.29, 1.82) is 0 Å². The van der Waals surface area contributed by atoms with Crippen molar-refractivity contribution in [3.63, 3.8) is 0 Å². The Bertz CT molecular complexity index is 430. The van der Waals surface area contributed by atoms with Crippen LogP contribution in [0.2, 0.25) is 0 Å². The first-order chi connectivity index (χ1) is 9.08. The first kappa shape index (κ1) is 14.5. The van der Waals surface area contributed by atoms with Crippen molar-refractivity contribution in [2.24, 2.45) is 5.92 Å². The maximum Gasteiger partial charge on any atom is 0.223 e. The summed E-state index contributed by atoms with van der Waals surface area (Å²) in [6, 6.07) is 8.29. The fraction of sp³-hybridized carbons (Fsp3) is 0.533. The number of rotatable bonds is 6. The molecule has 2 atom stereocenters. The van der Waals surface area contributed by atoms with E-state index >= 15 is 0 Å². The summed E-state index contributed by atoms with van der Waals surface area (Å²) >= 11 is 3.43. The average molecular weight is 325 g/mol. The van der Waals surface area contributed by atoms with Crippen LogP contribution in [0.1, 0.15) is 24.3 Å². The molecule has 1 fully saturated rings. The Balaban J connectivity index is 1.73. The lowest BCUT2D eigenvalue weighted by atomic mass is 10.1. The van der Waals surface area contributed by atoms with E-state index in [4.69, 9.17) is 0 Å². The molecule has 0 aliphatic heterocycles. The van der Waals surface area contributed by atoms with Gasteiger partial charge in [0.05, 0.1) is 0 Å². The first-order valence-corrected chi connectivity index (χ1v) is 7.55. The molecule has 1 aromatic rings. The smallest absolute Gasteiger partial charge is 0.223 e. The van der Waals surface area contributed by atoms with E-state index in [1.165, 1.54) is 5.56 Å². The van der Waals surface area contributed by atoms with Gasteiger partial charge < -0.3 is 10.2 Å². The average Bonchev–Trinajstić information content (AvgIpc) is 3.15. The normalized spacial score (nSPS) is 21.5. The molecule has 3 nitrogen and oxygen atoms in total. The van der Waals surface area contributed by atoms with Gasteiger partial charge >= 0.3 is 0 Å². The molecule has 1 aromatic carbocycles. The fourth-order valence-corrected chi connectivity index (χ4v) is 2.57. The monoisotopic (exact) mass is 324 g/mol. The molecule has 0 saturated heterocycles. The van der Waals surface area contributed by atoms with E-state index in [0.717, 1.165) is 30.4 Å². The highest BCUT2D eigenvalue weighted by molar-refractivity contribution is 9.10. The molecule has 1 saturated carbocycles. The Morgan fingerprint density at radius 1 is 1.37 bits per heavy atom. The summed E-state index contributed by atoms with van der Waals surface area (Å²) in [6.07, 6.45) is 2.00. The van der Waals surface area contributed by atoms with E-state index in [9.17, 15) is 4.79 Å². The van der Waals surface area contributed by atoms with Crippen LogP contribution in [0.3, 0.4) is 0 Å². The highest BCUT2D eigenvalue weighted by atomic mass is 79.9. The van der Waals surface area contributed by atoms with Crippen molar-refractivity contribution in [2.75, 3.05) is 27.2 Å². The largest absolute Gasteiger partial charge is 0.356 e. The molecule has 1 aliphatic carbocycles. The number of carbonyl (C=O) groups is 1. The number of halogens is 1. The molecule has 1 aliphatic rings. The predicted molar refractivity (Wildman–Crippen MR) is 81.2 cm³/mol. The van der Waals surface area contributed by atoms with Crippen molar-refractivity contribution in [1.82, 2.24) is 10.2 Å². The number of nitrogens with zero attached hydrogens (tertiary/aromatic N) is 1. The van der Waals surface area contributed by atoms with Crippen molar-refractivity contribution < 1.29 is 4.79 Å². The lowest BCUT2D eigenvalue weighted by molar-refractivity contribution is -0.122. The van der Waals surface area contributed by atoms with Crippen molar-refractivity contribution in [2.45, 2.75) is 18.8 Å². The van der Waals surface area contributed by atoms with Gasteiger partial charge in [-0.15, -0.1) is 0 Å². The van der Waals surface area contributed by atoms with Gasteiger partial charge in [-0.05, 0) is 57.1 Å². The van der Waals surface area contributed by atoms with Gasteiger partial charge in [-0.1, -0.05) is 28.1 Å². The SMILES string of the molecule is CN(C)CCCNC(=O)C1CC1c1ccc(Br)cc1. The molecule has 1 N–H and O–H groups in total. The van der Waals surface area contributed by atoms with Crippen LogP contribution < -0.4 is 5.32 Å². The van der Waals surface area contributed by atoms with Crippen LogP contribution in [0, 0.1) is 5.92 Å². The Morgan fingerprint density at radius 2 is 2.05 bits per heavy atom. The van der Waals surface area contributed by atoms with E-state index < -0.39 is 0 Å². The van der Waals surface area contributed by atoms with Gasteiger partial charge in [0.1, 0.15) is 0 Å². The number of nitrogens with one attached hydrogen (secondary N) is 1. The molecular weight excluding hydrogens is 304 g/mol. The van der Waals surface area contributed by atoms with Crippen molar-refractivity contribution in [3.8, 4) is 0 Å². The zero-order valence-corrected chi connectivity index (χ0v) is 13.1. The lowest BCUT2D eigenvalue weighted by Crippen LogP contribution is -2.28. The minimum atomic E-state index is 0.181. The number of hydrogen-bond acceptors (Lipinski definition) is 2. The van der Waals surface area contributed by atoms with Crippen LogP contribution in [0.4, 0.5) is 0 Å². The molecule has 19 heavy (non-hydrogen) atoms. The van der Waals surface area contributed by atoms with Gasteiger partial charge in [0.15, 0.2) is 0 Å². The third kappa shape index (κ3) is 4.32. The summed E-state index contributed by atoms with van der Waals surface area (Å²) in [5, 5.41) is 3.04. The Kier molecular flexibility index (Phi) is 4.99. The third-order valence-corrected chi connectivity index (χ3v) is 4.04. The maximum absolute atomic E-state index is 12.0. The second-order valence-electron chi connectivity index (χ2n) is 5.45. The van der Waals surface area contributed by atoms with Crippen molar-refractivity contribution >= 4 is 21.8 Å². The van der Waals surface area contributed by atoms with Gasteiger partial charge in [-0.25, -0.2) is 0 Å². The van der Waals surface area contributed by atoms with Crippen LogP contribution in [0.15, 0.2) is 28.7 Å². The van der Waals surface area contributed by atoms with E-state index in [0.29, 0.717) is 5.92 Å². The minimum absolute atomic E-state index is 0.181. The molecule has 2 unspecified atom stereocenters. The van der Waals surface area contributed by atoms with Crippen LogP contribution in [0.25, 0.3) is 0 Å². The molecule has 0 aromatic heterocycles. The zero-order valence-electron chi connectivity index (χ0n) is 11.5. The highest BCUT2D eigenvalue weighted by Gasteiger charge is 2.43. The molecule has 4 heteroatoms. The molecule has 2 rings (SSSR count). The fourth-order valence-electron chi connectivity index (χ4n) is 2.30. The summed E-state index contributed by atoms with van der Waals surface area (Å²) in [5.41, 5.74) is 1.27. The molecular formula is C15H21BrN2O. The second kappa shape index (κ2) is 6.53. The summed E-state index contributed by atoms with van der Waals surface area (Å²) < 4.78 is 1.08. The third-order valence-electron chi connectivity index (χ3n) is 3.51. The molecule has 0 spiro atoms. The van der Waals surface area contributed by atoms with E-state index in [1.807, 2.05) is 26.2 Å². The number of amides is 1. The summed E-state index contributed by atoms with van der Waals surface area (Å²) in [4.78, 5) is 14.1. The summed E-state index contributed by atoms with van der Waals surface area (Å²) in [5.74, 6) is 0.814. The quantitative estimate of drug-likeness (QED) is 0.816. The maximum atomic E-state index is 12.0. The van der Waals surface area contributed by atoms with Crippen LogP contribution in [0.5, 0.6) is 0 Å². The number of hydrogen-bond donors (Lipinski definition) is 1. The second-order valence-corrected chi connectivity index (χ2v) is 6.36. The number of carbonyl (C=O) groups excluding carboxylic acids is 1.